The Hall–Kier alpha value is -1.66. The van der Waals surface area contributed by atoms with Crippen LogP contribution >= 0.6 is 0 Å². The first-order chi connectivity index (χ1) is 11.8. The fourth-order valence-corrected chi connectivity index (χ4v) is 2.63. The molecule has 1 saturated heterocycles. The maximum Gasteiger partial charge on any atom is 0.191 e. The van der Waals surface area contributed by atoms with Crippen molar-refractivity contribution in [2.75, 3.05) is 52.5 Å². The van der Waals surface area contributed by atoms with Crippen LogP contribution in [0.4, 0.5) is 4.39 Å². The number of nitrogens with one attached hydrogen (secondary N) is 2. The second-order valence-electron chi connectivity index (χ2n) is 5.87. The second-order valence-corrected chi connectivity index (χ2v) is 5.87. The number of hydrogen-bond acceptors (Lipinski definition) is 3. The van der Waals surface area contributed by atoms with E-state index in [2.05, 4.69) is 27.4 Å². The summed E-state index contributed by atoms with van der Waals surface area (Å²) in [5.74, 6) is 0.656. The van der Waals surface area contributed by atoms with Gasteiger partial charge < -0.3 is 15.4 Å². The summed E-state index contributed by atoms with van der Waals surface area (Å²) in [6.45, 7) is 9.30. The predicted octanol–water partition coefficient (Wildman–Crippen LogP) is 1.65. The average Bonchev–Trinajstić information content (AvgIpc) is 2.61. The van der Waals surface area contributed by atoms with Crippen molar-refractivity contribution in [1.29, 1.82) is 0 Å². The van der Waals surface area contributed by atoms with E-state index in [1.165, 1.54) is 12.1 Å². The number of ether oxygens (including phenoxy) is 1. The Labute approximate surface area is 144 Å². The van der Waals surface area contributed by atoms with Gasteiger partial charge in [-0.15, -0.1) is 0 Å². The Kier molecular flexibility index (Phi) is 8.55. The highest BCUT2D eigenvalue weighted by Crippen LogP contribution is 2.02. The molecule has 0 radical (unpaired) electrons. The number of halogens is 1. The van der Waals surface area contributed by atoms with E-state index in [0.717, 1.165) is 76.8 Å². The molecule has 2 rings (SSSR count). The maximum atomic E-state index is 12.9. The lowest BCUT2D eigenvalue weighted by Crippen LogP contribution is -2.39. The van der Waals surface area contributed by atoms with Crippen molar-refractivity contribution in [3.63, 3.8) is 0 Å². The van der Waals surface area contributed by atoms with Crippen LogP contribution < -0.4 is 10.6 Å². The number of hydrogen-bond donors (Lipinski definition) is 2. The van der Waals surface area contributed by atoms with Gasteiger partial charge in [0.25, 0.3) is 0 Å². The van der Waals surface area contributed by atoms with E-state index in [4.69, 9.17) is 4.74 Å². The van der Waals surface area contributed by atoms with E-state index in [9.17, 15) is 4.39 Å². The van der Waals surface area contributed by atoms with Crippen LogP contribution in [-0.2, 0) is 11.2 Å². The fourth-order valence-electron chi connectivity index (χ4n) is 2.63. The molecule has 1 aromatic rings. The molecule has 1 heterocycles. The van der Waals surface area contributed by atoms with Gasteiger partial charge in [0.2, 0.25) is 0 Å². The van der Waals surface area contributed by atoms with Crippen molar-refractivity contribution >= 4 is 5.96 Å². The van der Waals surface area contributed by atoms with E-state index >= 15 is 0 Å². The van der Waals surface area contributed by atoms with Gasteiger partial charge in [0, 0.05) is 39.3 Å². The van der Waals surface area contributed by atoms with Crippen LogP contribution in [0, 0.1) is 5.82 Å². The molecule has 0 spiro atoms. The lowest BCUT2D eigenvalue weighted by atomic mass is 10.1. The van der Waals surface area contributed by atoms with Gasteiger partial charge in [-0.1, -0.05) is 12.1 Å². The molecule has 2 N–H and O–H groups in total. The zero-order valence-electron chi connectivity index (χ0n) is 14.6. The van der Waals surface area contributed by atoms with Gasteiger partial charge >= 0.3 is 0 Å². The molecule has 0 atom stereocenters. The largest absolute Gasteiger partial charge is 0.379 e. The highest BCUT2D eigenvalue weighted by atomic mass is 19.1. The summed E-state index contributed by atoms with van der Waals surface area (Å²) in [5, 5.41) is 6.60. The third-order valence-corrected chi connectivity index (χ3v) is 3.97. The summed E-state index contributed by atoms with van der Waals surface area (Å²) in [6, 6.07) is 6.65. The minimum atomic E-state index is -0.193. The molecule has 1 aromatic carbocycles. The van der Waals surface area contributed by atoms with Gasteiger partial charge in [0.15, 0.2) is 5.96 Å². The van der Waals surface area contributed by atoms with Gasteiger partial charge in [-0.3, -0.25) is 9.89 Å². The molecule has 0 bridgehead atoms. The van der Waals surface area contributed by atoms with E-state index in [1.54, 1.807) is 0 Å². The van der Waals surface area contributed by atoms with Gasteiger partial charge in [-0.25, -0.2) is 4.39 Å². The zero-order valence-corrected chi connectivity index (χ0v) is 14.6. The van der Waals surface area contributed by atoms with E-state index in [1.807, 2.05) is 12.1 Å². The molecular formula is C18H29FN4O. The average molecular weight is 336 g/mol. The summed E-state index contributed by atoms with van der Waals surface area (Å²) < 4.78 is 18.2. The van der Waals surface area contributed by atoms with E-state index < -0.39 is 0 Å². The van der Waals surface area contributed by atoms with Gasteiger partial charge in [-0.2, -0.15) is 0 Å². The third-order valence-electron chi connectivity index (χ3n) is 3.97. The van der Waals surface area contributed by atoms with Crippen molar-refractivity contribution in [2.45, 2.75) is 19.8 Å². The molecule has 1 aliphatic heterocycles. The zero-order chi connectivity index (χ0) is 17.0. The highest BCUT2D eigenvalue weighted by Gasteiger charge is 2.08. The van der Waals surface area contributed by atoms with Gasteiger partial charge in [0.1, 0.15) is 5.82 Å². The summed E-state index contributed by atoms with van der Waals surface area (Å²) in [5.41, 5.74) is 1.12. The van der Waals surface area contributed by atoms with Crippen LogP contribution in [0.2, 0.25) is 0 Å². The van der Waals surface area contributed by atoms with Crippen molar-refractivity contribution in [1.82, 2.24) is 15.5 Å². The first kappa shape index (κ1) is 18.7. The quantitative estimate of drug-likeness (QED) is 0.430. The normalized spacial score (nSPS) is 16.2. The van der Waals surface area contributed by atoms with Crippen LogP contribution in [0.1, 0.15) is 18.9 Å². The van der Waals surface area contributed by atoms with E-state index in [0.29, 0.717) is 0 Å². The van der Waals surface area contributed by atoms with Crippen LogP contribution in [0.5, 0.6) is 0 Å². The minimum Gasteiger partial charge on any atom is -0.379 e. The van der Waals surface area contributed by atoms with Crippen LogP contribution in [-0.4, -0.2) is 63.3 Å². The monoisotopic (exact) mass is 336 g/mol. The number of benzene rings is 1. The molecule has 1 fully saturated rings. The van der Waals surface area contributed by atoms with Crippen molar-refractivity contribution in [3.8, 4) is 0 Å². The molecule has 134 valence electrons. The van der Waals surface area contributed by atoms with Gasteiger partial charge in [0.05, 0.1) is 13.2 Å². The number of rotatable bonds is 8. The Bertz CT molecular complexity index is 486. The Morgan fingerprint density at radius 3 is 2.67 bits per heavy atom. The molecule has 0 amide bonds. The van der Waals surface area contributed by atoms with Crippen LogP contribution in [0.3, 0.4) is 0 Å². The van der Waals surface area contributed by atoms with Crippen LogP contribution in [0.15, 0.2) is 29.3 Å². The number of morpholine rings is 1. The maximum absolute atomic E-state index is 12.9. The number of nitrogens with zero attached hydrogens (tertiary/aromatic N) is 2. The summed E-state index contributed by atoms with van der Waals surface area (Å²) in [4.78, 5) is 7.04. The number of aliphatic imine (C=N–C) groups is 1. The second kappa shape index (κ2) is 11.0. The summed E-state index contributed by atoms with van der Waals surface area (Å²) in [6.07, 6.45) is 1.90. The summed E-state index contributed by atoms with van der Waals surface area (Å²) >= 11 is 0. The topological polar surface area (TPSA) is 48.9 Å². The fraction of sp³-hybridized carbons (Fsp3) is 0.611. The predicted molar refractivity (Wildman–Crippen MR) is 96.0 cm³/mol. The summed E-state index contributed by atoms with van der Waals surface area (Å²) in [7, 11) is 0. The Morgan fingerprint density at radius 2 is 1.96 bits per heavy atom. The molecule has 24 heavy (non-hydrogen) atoms. The van der Waals surface area contributed by atoms with E-state index in [-0.39, 0.29) is 5.82 Å². The van der Waals surface area contributed by atoms with Crippen LogP contribution in [0.25, 0.3) is 0 Å². The Morgan fingerprint density at radius 1 is 1.21 bits per heavy atom. The molecule has 0 unspecified atom stereocenters. The third kappa shape index (κ3) is 7.27. The SMILES string of the molecule is CCNC(=NCCCN1CCOCC1)NCCc1ccc(F)cc1. The molecular weight excluding hydrogens is 307 g/mol. The minimum absolute atomic E-state index is 0.193. The first-order valence-corrected chi connectivity index (χ1v) is 8.84. The molecule has 1 aliphatic rings. The smallest absolute Gasteiger partial charge is 0.191 e. The van der Waals surface area contributed by atoms with Crippen molar-refractivity contribution in [2.24, 2.45) is 4.99 Å². The number of guanidine groups is 1. The molecule has 0 aromatic heterocycles. The van der Waals surface area contributed by atoms with Crippen molar-refractivity contribution in [3.05, 3.63) is 35.6 Å². The molecule has 0 aliphatic carbocycles. The lowest BCUT2D eigenvalue weighted by Gasteiger charge is -2.26. The Balaban J connectivity index is 1.66. The van der Waals surface area contributed by atoms with Crippen molar-refractivity contribution < 1.29 is 9.13 Å². The lowest BCUT2D eigenvalue weighted by molar-refractivity contribution is 0.0377. The molecule has 6 heteroatoms. The molecule has 0 saturated carbocycles. The first-order valence-electron chi connectivity index (χ1n) is 8.84. The standard InChI is InChI=1S/C18H29FN4O/c1-2-20-18(21-9-3-11-23-12-14-24-15-13-23)22-10-8-16-4-6-17(19)7-5-16/h4-7H,2-3,8-15H2,1H3,(H2,20,21,22). The highest BCUT2D eigenvalue weighted by molar-refractivity contribution is 5.79. The van der Waals surface area contributed by atoms with Gasteiger partial charge in [-0.05, 0) is 37.5 Å². The molecule has 5 nitrogen and oxygen atoms in total.